The fraction of sp³-hybridized carbons (Fsp3) is 0.857. The van der Waals surface area contributed by atoms with E-state index in [1.165, 1.54) is 6.42 Å². The number of rotatable bonds is 4. The van der Waals surface area contributed by atoms with E-state index in [-0.39, 0.29) is 6.42 Å². The van der Waals surface area contributed by atoms with E-state index in [0.717, 1.165) is 12.8 Å². The molecule has 10 heavy (non-hydrogen) atoms. The molecule has 1 saturated carbocycles. The van der Waals surface area contributed by atoms with Gasteiger partial charge in [0.05, 0.1) is 19.1 Å². The van der Waals surface area contributed by atoms with Crippen molar-refractivity contribution in [2.24, 2.45) is 0 Å². The van der Waals surface area contributed by atoms with Crippen LogP contribution < -0.4 is 0 Å². The summed E-state index contributed by atoms with van der Waals surface area (Å²) < 4.78 is 5.21. The van der Waals surface area contributed by atoms with E-state index in [2.05, 4.69) is 0 Å². The Morgan fingerprint density at radius 3 is 2.70 bits per heavy atom. The van der Waals surface area contributed by atoms with Crippen molar-refractivity contribution in [1.82, 2.24) is 0 Å². The van der Waals surface area contributed by atoms with Crippen LogP contribution in [0.5, 0.6) is 0 Å². The first-order chi connectivity index (χ1) is 4.79. The van der Waals surface area contributed by atoms with E-state index in [1.54, 1.807) is 0 Å². The second kappa shape index (κ2) is 3.56. The Labute approximate surface area is 60.0 Å². The van der Waals surface area contributed by atoms with Crippen LogP contribution in [0.1, 0.15) is 25.7 Å². The van der Waals surface area contributed by atoms with Crippen LogP contribution in [0, 0.1) is 0 Å². The summed E-state index contributed by atoms with van der Waals surface area (Å²) in [6.07, 6.45) is 3.95. The zero-order valence-electron chi connectivity index (χ0n) is 5.88. The van der Waals surface area contributed by atoms with E-state index in [9.17, 15) is 4.79 Å². The third-order valence-electron chi connectivity index (χ3n) is 1.72. The van der Waals surface area contributed by atoms with Gasteiger partial charge in [-0.3, -0.25) is 4.79 Å². The molecule has 0 aromatic carbocycles. The molecule has 0 aromatic rings. The molecule has 1 aliphatic rings. The molecule has 0 amide bonds. The summed E-state index contributed by atoms with van der Waals surface area (Å²) in [5.41, 5.74) is 0. The number of carbonyl (C=O) groups is 1. The van der Waals surface area contributed by atoms with Crippen molar-refractivity contribution < 1.29 is 14.6 Å². The van der Waals surface area contributed by atoms with Gasteiger partial charge in [0.2, 0.25) is 0 Å². The molecule has 3 heteroatoms. The van der Waals surface area contributed by atoms with Crippen LogP contribution in [-0.2, 0) is 9.53 Å². The van der Waals surface area contributed by atoms with Gasteiger partial charge in [0.15, 0.2) is 0 Å². The Balaban J connectivity index is 1.89. The van der Waals surface area contributed by atoms with Gasteiger partial charge in [-0.2, -0.15) is 0 Å². The minimum atomic E-state index is -0.778. The van der Waals surface area contributed by atoms with Gasteiger partial charge >= 0.3 is 5.97 Å². The van der Waals surface area contributed by atoms with Gasteiger partial charge in [0, 0.05) is 0 Å². The predicted octanol–water partition coefficient (Wildman–Crippen LogP) is 1.03. The molecule has 0 aromatic heterocycles. The summed E-state index contributed by atoms with van der Waals surface area (Å²) >= 11 is 0. The largest absolute Gasteiger partial charge is 0.481 e. The molecule has 0 saturated heterocycles. The van der Waals surface area contributed by atoms with Crippen LogP contribution >= 0.6 is 0 Å². The second-order valence-corrected chi connectivity index (χ2v) is 2.57. The van der Waals surface area contributed by atoms with Crippen LogP contribution in [0.2, 0.25) is 0 Å². The average molecular weight is 144 g/mol. The van der Waals surface area contributed by atoms with E-state index < -0.39 is 5.97 Å². The van der Waals surface area contributed by atoms with Crippen molar-refractivity contribution in [1.29, 1.82) is 0 Å². The molecule has 0 atom stereocenters. The van der Waals surface area contributed by atoms with Crippen LogP contribution in [0.3, 0.4) is 0 Å². The highest BCUT2D eigenvalue weighted by molar-refractivity contribution is 5.66. The minimum absolute atomic E-state index is 0.135. The Morgan fingerprint density at radius 1 is 1.60 bits per heavy atom. The van der Waals surface area contributed by atoms with Gasteiger partial charge in [-0.15, -0.1) is 0 Å². The number of hydrogen-bond acceptors (Lipinski definition) is 2. The molecule has 0 aliphatic heterocycles. The zero-order chi connectivity index (χ0) is 7.40. The molecule has 0 bridgehead atoms. The Hall–Kier alpha value is -0.570. The molecule has 3 nitrogen and oxygen atoms in total. The number of carboxylic acid groups (broad SMARTS) is 1. The number of aliphatic carboxylic acids is 1. The molecule has 0 radical (unpaired) electrons. The first-order valence-electron chi connectivity index (χ1n) is 3.62. The van der Waals surface area contributed by atoms with Crippen molar-refractivity contribution in [2.75, 3.05) is 6.61 Å². The summed E-state index contributed by atoms with van der Waals surface area (Å²) in [6.45, 7) is 0.375. The number of carboxylic acids is 1. The lowest BCUT2D eigenvalue weighted by molar-refractivity contribution is -0.139. The Bertz CT molecular complexity index is 118. The fourth-order valence-electron chi connectivity index (χ4n) is 0.850. The highest BCUT2D eigenvalue weighted by Crippen LogP contribution is 2.21. The van der Waals surface area contributed by atoms with Gasteiger partial charge < -0.3 is 9.84 Å². The molecule has 0 spiro atoms. The van der Waals surface area contributed by atoms with Gasteiger partial charge in [-0.1, -0.05) is 0 Å². The molecule has 58 valence electrons. The summed E-state index contributed by atoms with van der Waals surface area (Å²) in [5, 5.41) is 8.24. The summed E-state index contributed by atoms with van der Waals surface area (Å²) in [6, 6.07) is 0. The van der Waals surface area contributed by atoms with E-state index in [4.69, 9.17) is 9.84 Å². The van der Waals surface area contributed by atoms with Gasteiger partial charge in [0.25, 0.3) is 0 Å². The maximum atomic E-state index is 10.0. The molecule has 1 fully saturated rings. The summed E-state index contributed by atoms with van der Waals surface area (Å²) in [7, 11) is 0. The first-order valence-corrected chi connectivity index (χ1v) is 3.62. The van der Waals surface area contributed by atoms with Crippen molar-refractivity contribution in [2.45, 2.75) is 31.8 Å². The average Bonchev–Trinajstić information content (AvgIpc) is 1.75. The lowest BCUT2D eigenvalue weighted by Gasteiger charge is -2.24. The third kappa shape index (κ3) is 2.35. The highest BCUT2D eigenvalue weighted by Gasteiger charge is 2.17. The van der Waals surface area contributed by atoms with Crippen LogP contribution in [-0.4, -0.2) is 23.8 Å². The summed E-state index contributed by atoms with van der Waals surface area (Å²) in [5.74, 6) is -0.778. The normalized spacial score (nSPS) is 18.4. The Kier molecular flexibility index (Phi) is 2.68. The highest BCUT2D eigenvalue weighted by atomic mass is 16.5. The molecule has 0 heterocycles. The minimum Gasteiger partial charge on any atom is -0.481 e. The van der Waals surface area contributed by atoms with Crippen molar-refractivity contribution in [3.8, 4) is 0 Å². The predicted molar refractivity (Wildman–Crippen MR) is 35.8 cm³/mol. The fourth-order valence-corrected chi connectivity index (χ4v) is 0.850. The van der Waals surface area contributed by atoms with Crippen molar-refractivity contribution in [3.63, 3.8) is 0 Å². The zero-order valence-corrected chi connectivity index (χ0v) is 5.88. The van der Waals surface area contributed by atoms with Gasteiger partial charge in [0.1, 0.15) is 0 Å². The van der Waals surface area contributed by atoms with Crippen molar-refractivity contribution >= 4 is 5.97 Å². The lowest BCUT2D eigenvalue weighted by atomic mass is 9.96. The van der Waals surface area contributed by atoms with Crippen molar-refractivity contribution in [3.05, 3.63) is 0 Å². The van der Waals surface area contributed by atoms with E-state index >= 15 is 0 Å². The summed E-state index contributed by atoms with van der Waals surface area (Å²) in [4.78, 5) is 10.0. The van der Waals surface area contributed by atoms with Gasteiger partial charge in [-0.05, 0) is 19.3 Å². The van der Waals surface area contributed by atoms with Crippen LogP contribution in [0.4, 0.5) is 0 Å². The second-order valence-electron chi connectivity index (χ2n) is 2.57. The standard InChI is InChI=1S/C7H12O3/c8-7(9)4-5-10-6-2-1-3-6/h6H,1-5H2,(H,8,9). The lowest BCUT2D eigenvalue weighted by Crippen LogP contribution is -2.22. The van der Waals surface area contributed by atoms with E-state index in [1.807, 2.05) is 0 Å². The monoisotopic (exact) mass is 144 g/mol. The van der Waals surface area contributed by atoms with Gasteiger partial charge in [-0.25, -0.2) is 0 Å². The SMILES string of the molecule is O=C(O)CCOC1CCC1. The first kappa shape index (κ1) is 7.54. The topological polar surface area (TPSA) is 46.5 Å². The maximum Gasteiger partial charge on any atom is 0.305 e. The van der Waals surface area contributed by atoms with Crippen LogP contribution in [0.25, 0.3) is 0 Å². The number of hydrogen-bond donors (Lipinski definition) is 1. The molecule has 1 aliphatic carbocycles. The quantitative estimate of drug-likeness (QED) is 0.641. The smallest absolute Gasteiger partial charge is 0.305 e. The Morgan fingerprint density at radius 2 is 2.30 bits per heavy atom. The maximum absolute atomic E-state index is 10.0. The molecule has 1 rings (SSSR count). The third-order valence-corrected chi connectivity index (χ3v) is 1.72. The molecular formula is C7H12O3. The number of ether oxygens (including phenoxy) is 1. The molecular weight excluding hydrogens is 132 g/mol. The van der Waals surface area contributed by atoms with E-state index in [0.29, 0.717) is 12.7 Å². The molecule has 1 N–H and O–H groups in total. The molecule has 0 unspecified atom stereocenters. The van der Waals surface area contributed by atoms with Crippen LogP contribution in [0.15, 0.2) is 0 Å².